The van der Waals surface area contributed by atoms with Gasteiger partial charge in [-0.1, -0.05) is 12.1 Å². The molecule has 0 aliphatic carbocycles. The molecule has 1 atom stereocenters. The topological polar surface area (TPSA) is 69.4 Å². The summed E-state index contributed by atoms with van der Waals surface area (Å²) in [5, 5.41) is 0. The Morgan fingerprint density at radius 1 is 1.20 bits per heavy atom. The Bertz CT molecular complexity index is 621. The minimum atomic E-state index is -0.533. The van der Waals surface area contributed by atoms with Gasteiger partial charge in [-0.05, 0) is 12.1 Å². The average molecular weight is 275 g/mol. The summed E-state index contributed by atoms with van der Waals surface area (Å²) in [6.07, 6.45) is 2.68. The van der Waals surface area contributed by atoms with Crippen molar-refractivity contribution in [2.75, 3.05) is 13.2 Å². The standard InChI is InChI=1S/C14H14FN3O2/c15-11-8-17-5-4-9(11)13(18-16)10-2-1-3-12-14(10)20-7-6-19-12/h1-5,8,13,18H,6-7,16H2. The molecule has 104 valence electrons. The molecule has 1 unspecified atom stereocenters. The molecule has 1 aliphatic heterocycles. The van der Waals surface area contributed by atoms with Crippen LogP contribution < -0.4 is 20.7 Å². The molecule has 0 bridgehead atoms. The molecule has 0 amide bonds. The number of hydrazine groups is 1. The molecule has 1 aromatic heterocycles. The monoisotopic (exact) mass is 275 g/mol. The molecule has 6 heteroatoms. The number of halogens is 1. The number of rotatable bonds is 3. The maximum Gasteiger partial charge on any atom is 0.166 e. The second-order valence-electron chi connectivity index (χ2n) is 4.37. The number of hydrogen-bond donors (Lipinski definition) is 2. The smallest absolute Gasteiger partial charge is 0.166 e. The maximum absolute atomic E-state index is 13.9. The van der Waals surface area contributed by atoms with E-state index in [2.05, 4.69) is 10.4 Å². The van der Waals surface area contributed by atoms with Gasteiger partial charge >= 0.3 is 0 Å². The van der Waals surface area contributed by atoms with Gasteiger partial charge in [0.2, 0.25) is 0 Å². The third kappa shape index (κ3) is 2.19. The largest absolute Gasteiger partial charge is 0.486 e. The third-order valence-corrected chi connectivity index (χ3v) is 3.19. The number of nitrogens with two attached hydrogens (primary N) is 1. The van der Waals surface area contributed by atoms with Gasteiger partial charge in [-0.25, -0.2) is 9.82 Å². The number of benzene rings is 1. The minimum Gasteiger partial charge on any atom is -0.486 e. The summed E-state index contributed by atoms with van der Waals surface area (Å²) in [6.45, 7) is 0.959. The van der Waals surface area contributed by atoms with Crippen LogP contribution >= 0.6 is 0 Å². The van der Waals surface area contributed by atoms with Crippen molar-refractivity contribution >= 4 is 0 Å². The summed E-state index contributed by atoms with van der Waals surface area (Å²) in [7, 11) is 0. The van der Waals surface area contributed by atoms with Crippen LogP contribution in [0.2, 0.25) is 0 Å². The van der Waals surface area contributed by atoms with E-state index in [1.807, 2.05) is 18.2 Å². The Morgan fingerprint density at radius 2 is 2.05 bits per heavy atom. The summed E-state index contributed by atoms with van der Waals surface area (Å²) >= 11 is 0. The zero-order valence-corrected chi connectivity index (χ0v) is 10.7. The zero-order chi connectivity index (χ0) is 13.9. The molecule has 5 nitrogen and oxygen atoms in total. The summed E-state index contributed by atoms with van der Waals surface area (Å²) in [5.41, 5.74) is 3.76. The van der Waals surface area contributed by atoms with E-state index in [4.69, 9.17) is 15.3 Å². The van der Waals surface area contributed by atoms with Crippen molar-refractivity contribution in [1.29, 1.82) is 0 Å². The van der Waals surface area contributed by atoms with Crippen molar-refractivity contribution < 1.29 is 13.9 Å². The van der Waals surface area contributed by atoms with Gasteiger partial charge in [0.15, 0.2) is 11.5 Å². The first-order valence-electron chi connectivity index (χ1n) is 6.25. The highest BCUT2D eigenvalue weighted by Gasteiger charge is 2.24. The van der Waals surface area contributed by atoms with Gasteiger partial charge in [-0.2, -0.15) is 0 Å². The lowest BCUT2D eigenvalue weighted by molar-refractivity contribution is 0.169. The van der Waals surface area contributed by atoms with E-state index in [9.17, 15) is 4.39 Å². The molecule has 2 aromatic rings. The number of hydrogen-bond acceptors (Lipinski definition) is 5. The van der Waals surface area contributed by atoms with Crippen LogP contribution in [0.4, 0.5) is 4.39 Å². The van der Waals surface area contributed by atoms with Crippen molar-refractivity contribution in [2.24, 2.45) is 5.84 Å². The van der Waals surface area contributed by atoms with E-state index in [1.54, 1.807) is 6.07 Å². The zero-order valence-electron chi connectivity index (χ0n) is 10.7. The normalized spacial score (nSPS) is 14.9. The van der Waals surface area contributed by atoms with E-state index in [1.165, 1.54) is 6.20 Å². The Labute approximate surface area is 115 Å². The molecule has 0 spiro atoms. The molecule has 0 radical (unpaired) electrons. The highest BCUT2D eigenvalue weighted by Crippen LogP contribution is 2.39. The van der Waals surface area contributed by atoms with Crippen LogP contribution in [0.25, 0.3) is 0 Å². The van der Waals surface area contributed by atoms with Crippen LogP contribution in [-0.4, -0.2) is 18.2 Å². The molecule has 0 fully saturated rings. The number of ether oxygens (including phenoxy) is 2. The molecule has 1 aromatic carbocycles. The van der Waals surface area contributed by atoms with Gasteiger partial charge in [0.25, 0.3) is 0 Å². The highest BCUT2D eigenvalue weighted by molar-refractivity contribution is 5.51. The molecule has 0 saturated heterocycles. The lowest BCUT2D eigenvalue weighted by atomic mass is 9.98. The first-order valence-corrected chi connectivity index (χ1v) is 6.25. The quantitative estimate of drug-likeness (QED) is 0.657. The predicted octanol–water partition coefficient (Wildman–Crippen LogP) is 1.54. The van der Waals surface area contributed by atoms with E-state index in [-0.39, 0.29) is 0 Å². The Kier molecular flexibility index (Phi) is 3.49. The third-order valence-electron chi connectivity index (χ3n) is 3.19. The SMILES string of the molecule is NNC(c1ccncc1F)c1cccc2c1OCCO2. The van der Waals surface area contributed by atoms with Gasteiger partial charge in [0.1, 0.15) is 19.0 Å². The van der Waals surface area contributed by atoms with Crippen molar-refractivity contribution in [3.63, 3.8) is 0 Å². The fraction of sp³-hybridized carbons (Fsp3) is 0.214. The molecule has 3 rings (SSSR count). The molecule has 2 heterocycles. The second kappa shape index (κ2) is 5.44. The summed E-state index contributed by atoms with van der Waals surface area (Å²) in [4.78, 5) is 3.74. The van der Waals surface area contributed by atoms with Crippen LogP contribution in [0, 0.1) is 5.82 Å². The number of aromatic nitrogens is 1. The molecule has 3 N–H and O–H groups in total. The Morgan fingerprint density at radius 3 is 2.85 bits per heavy atom. The number of nitrogens with zero attached hydrogens (tertiary/aromatic N) is 1. The van der Waals surface area contributed by atoms with Crippen molar-refractivity contribution in [3.8, 4) is 11.5 Å². The fourth-order valence-electron chi connectivity index (χ4n) is 2.29. The number of pyridine rings is 1. The molecule has 0 saturated carbocycles. The predicted molar refractivity (Wildman–Crippen MR) is 70.8 cm³/mol. The average Bonchev–Trinajstić information content (AvgIpc) is 2.50. The van der Waals surface area contributed by atoms with Gasteiger partial charge in [-0.3, -0.25) is 10.8 Å². The van der Waals surface area contributed by atoms with Crippen LogP contribution in [-0.2, 0) is 0 Å². The number of para-hydroxylation sites is 1. The first-order chi connectivity index (χ1) is 9.81. The first kappa shape index (κ1) is 12.8. The van der Waals surface area contributed by atoms with Gasteiger partial charge in [-0.15, -0.1) is 0 Å². The summed E-state index contributed by atoms with van der Waals surface area (Å²) in [5.74, 6) is 6.42. The van der Waals surface area contributed by atoms with Gasteiger partial charge in [0.05, 0.1) is 12.2 Å². The summed E-state index contributed by atoms with van der Waals surface area (Å²) in [6, 6.07) is 6.52. The van der Waals surface area contributed by atoms with Gasteiger partial charge in [0, 0.05) is 17.3 Å². The minimum absolute atomic E-state index is 0.407. The highest BCUT2D eigenvalue weighted by atomic mass is 19.1. The Balaban J connectivity index is 2.09. The van der Waals surface area contributed by atoms with Crippen molar-refractivity contribution in [3.05, 3.63) is 53.6 Å². The van der Waals surface area contributed by atoms with Crippen LogP contribution in [0.3, 0.4) is 0 Å². The van der Waals surface area contributed by atoms with Crippen LogP contribution in [0.5, 0.6) is 11.5 Å². The van der Waals surface area contributed by atoms with Crippen molar-refractivity contribution in [1.82, 2.24) is 10.4 Å². The molecule has 1 aliphatic rings. The van der Waals surface area contributed by atoms with Crippen molar-refractivity contribution in [2.45, 2.75) is 6.04 Å². The van der Waals surface area contributed by atoms with E-state index in [0.717, 1.165) is 11.8 Å². The summed E-state index contributed by atoms with van der Waals surface area (Å²) < 4.78 is 25.1. The van der Waals surface area contributed by atoms with E-state index in [0.29, 0.717) is 30.3 Å². The fourth-order valence-corrected chi connectivity index (χ4v) is 2.29. The lowest BCUT2D eigenvalue weighted by Crippen LogP contribution is -2.30. The molecular formula is C14H14FN3O2. The Hall–Kier alpha value is -2.18. The number of nitrogens with one attached hydrogen (secondary N) is 1. The number of fused-ring (bicyclic) bond motifs is 1. The van der Waals surface area contributed by atoms with E-state index >= 15 is 0 Å². The van der Waals surface area contributed by atoms with Crippen LogP contribution in [0.1, 0.15) is 17.2 Å². The van der Waals surface area contributed by atoms with E-state index < -0.39 is 11.9 Å². The van der Waals surface area contributed by atoms with Gasteiger partial charge < -0.3 is 9.47 Å². The lowest BCUT2D eigenvalue weighted by Gasteiger charge is -2.25. The molecule has 20 heavy (non-hydrogen) atoms. The maximum atomic E-state index is 13.9. The molecular weight excluding hydrogens is 261 g/mol. The second-order valence-corrected chi connectivity index (χ2v) is 4.37. The van der Waals surface area contributed by atoms with Crippen LogP contribution in [0.15, 0.2) is 36.7 Å².